The number of nitrogens with zero attached hydrogens (tertiary/aromatic N) is 6. The maximum atomic E-state index is 15.8. The molecule has 3 saturated heterocycles. The third-order valence-corrected chi connectivity index (χ3v) is 13.5. The number of halogens is 2. The van der Waals surface area contributed by atoms with Gasteiger partial charge in [0.05, 0.1) is 26.4 Å². The Morgan fingerprint density at radius 2 is 1.71 bits per heavy atom. The van der Waals surface area contributed by atoms with E-state index in [1.165, 1.54) is 30.5 Å². The van der Waals surface area contributed by atoms with Crippen LogP contribution in [0.3, 0.4) is 0 Å². The molecule has 2 atom stereocenters. The Morgan fingerprint density at radius 3 is 2.50 bits per heavy atom. The molecule has 1 aliphatic carbocycles. The fraction of sp³-hybridized carbons (Fsp3) is 0.438. The van der Waals surface area contributed by atoms with E-state index in [9.17, 15) is 19.2 Å². The highest BCUT2D eigenvalue weighted by Crippen LogP contribution is 2.42. The number of nitrogens with two attached hydrogens (primary N) is 1. The summed E-state index contributed by atoms with van der Waals surface area (Å²) in [5.74, 6) is 0.417. The molecule has 3 aliphatic heterocycles. The van der Waals surface area contributed by atoms with Crippen LogP contribution in [-0.2, 0) is 25.5 Å². The first kappa shape index (κ1) is 45.2. The number of benzene rings is 2. The summed E-state index contributed by atoms with van der Waals surface area (Å²) in [6.45, 7) is 6.76. The van der Waals surface area contributed by atoms with Gasteiger partial charge in [0.1, 0.15) is 41.0 Å². The Balaban J connectivity index is 0.675. The number of likely N-dealkylation sites (tertiary alicyclic amines) is 1. The second kappa shape index (κ2) is 19.8. The number of hydrogen-bond donors (Lipinski definition) is 3. The Kier molecular flexibility index (Phi) is 13.6. The van der Waals surface area contributed by atoms with Crippen LogP contribution in [-0.4, -0.2) is 114 Å². The molecule has 3 aromatic heterocycles. The number of Topliss-reactive ketones (excluding diaryl/α,β-unsaturated/α-hetero) is 1. The van der Waals surface area contributed by atoms with Crippen molar-refractivity contribution in [1.29, 1.82) is 0 Å². The van der Waals surface area contributed by atoms with E-state index in [4.69, 9.17) is 36.5 Å². The maximum Gasteiger partial charge on any atom is 0.256 e. The van der Waals surface area contributed by atoms with E-state index >= 15 is 4.39 Å². The number of ether oxygens (including phenoxy) is 3. The number of pyridine rings is 1. The van der Waals surface area contributed by atoms with Crippen LogP contribution in [0.2, 0.25) is 5.02 Å². The minimum absolute atomic E-state index is 0.115. The summed E-state index contributed by atoms with van der Waals surface area (Å²) in [6.07, 6.45) is 10.5. The average Bonchev–Trinajstić information content (AvgIpc) is 3.68. The predicted octanol–water partition coefficient (Wildman–Crippen LogP) is 6.01. The van der Waals surface area contributed by atoms with Crippen LogP contribution in [0.5, 0.6) is 5.75 Å². The molecule has 1 spiro atoms. The molecule has 346 valence electrons. The van der Waals surface area contributed by atoms with Gasteiger partial charge in [-0.1, -0.05) is 11.6 Å². The lowest BCUT2D eigenvalue weighted by atomic mass is 9.72. The Hall–Kier alpha value is -6.01. The van der Waals surface area contributed by atoms with Crippen LogP contribution in [0.25, 0.3) is 16.8 Å². The molecule has 5 aromatic rings. The minimum Gasteiger partial charge on any atom is -0.491 e. The first-order chi connectivity index (χ1) is 32.0. The fourth-order valence-corrected chi connectivity index (χ4v) is 9.93. The second-order valence-electron chi connectivity index (χ2n) is 17.8. The lowest BCUT2D eigenvalue weighted by Crippen LogP contribution is -2.61. The number of hydrogen-bond acceptors (Lipinski definition) is 13. The van der Waals surface area contributed by atoms with Gasteiger partial charge in [-0.2, -0.15) is 0 Å². The molecule has 3 amide bonds. The number of carbonyl (C=O) groups is 4. The Labute approximate surface area is 386 Å². The van der Waals surface area contributed by atoms with E-state index < -0.39 is 11.7 Å². The number of amides is 3. The monoisotopic (exact) mass is 921 g/mol. The number of rotatable bonds is 17. The van der Waals surface area contributed by atoms with E-state index in [1.807, 2.05) is 22.6 Å². The molecular formula is C48H53ClFN9O7. The van der Waals surface area contributed by atoms with Crippen molar-refractivity contribution < 1.29 is 37.8 Å². The summed E-state index contributed by atoms with van der Waals surface area (Å²) in [7, 11) is 0. The lowest BCUT2D eigenvalue weighted by molar-refractivity contribution is -0.136. The molecule has 3 fully saturated rings. The van der Waals surface area contributed by atoms with E-state index in [-0.39, 0.29) is 57.6 Å². The topological polar surface area (TPSA) is 196 Å². The highest BCUT2D eigenvalue weighted by atomic mass is 35.5. The third-order valence-electron chi connectivity index (χ3n) is 13.3. The van der Waals surface area contributed by atoms with E-state index in [2.05, 4.69) is 30.4 Å². The van der Waals surface area contributed by atoms with Gasteiger partial charge in [-0.05, 0) is 104 Å². The quantitative estimate of drug-likeness (QED) is 0.0726. The molecular weight excluding hydrogens is 869 g/mol. The van der Waals surface area contributed by atoms with E-state index in [1.54, 1.807) is 18.5 Å². The molecule has 0 bridgehead atoms. The molecule has 4 aliphatic rings. The molecule has 2 unspecified atom stereocenters. The summed E-state index contributed by atoms with van der Waals surface area (Å²) in [5, 5.41) is 5.48. The van der Waals surface area contributed by atoms with Gasteiger partial charge in [-0.25, -0.2) is 19.3 Å². The number of nitrogen functional groups attached to an aromatic ring is 1. The number of aromatic nitrogens is 4. The van der Waals surface area contributed by atoms with Crippen molar-refractivity contribution in [2.24, 2.45) is 17.3 Å². The number of nitrogens with one attached hydrogen (secondary N) is 2. The number of imide groups is 1. The molecule has 9 rings (SSSR count). The van der Waals surface area contributed by atoms with Crippen molar-refractivity contribution in [2.45, 2.75) is 51.4 Å². The second-order valence-corrected chi connectivity index (χ2v) is 18.2. The number of piperidine rings is 2. The smallest absolute Gasteiger partial charge is 0.256 e. The summed E-state index contributed by atoms with van der Waals surface area (Å²) in [5.41, 5.74) is 9.49. The van der Waals surface area contributed by atoms with Crippen LogP contribution < -0.4 is 26.0 Å². The minimum atomic E-state index is -0.620. The first-order valence-corrected chi connectivity index (χ1v) is 23.0. The zero-order chi connectivity index (χ0) is 45.8. The number of fused-ring (bicyclic) bond motifs is 2. The molecule has 16 nitrogen and oxygen atoms in total. The molecule has 0 radical (unpaired) electrons. The van der Waals surface area contributed by atoms with Crippen molar-refractivity contribution >= 4 is 58.2 Å². The number of ketones is 1. The predicted molar refractivity (Wildman–Crippen MR) is 245 cm³/mol. The Bertz CT molecular complexity index is 2630. The van der Waals surface area contributed by atoms with E-state index in [0.717, 1.165) is 69.5 Å². The molecule has 0 saturated carbocycles. The van der Waals surface area contributed by atoms with Crippen LogP contribution >= 0.6 is 11.6 Å². The highest BCUT2D eigenvalue weighted by Gasteiger charge is 2.45. The molecule has 66 heavy (non-hydrogen) atoms. The van der Waals surface area contributed by atoms with Crippen molar-refractivity contribution in [3.63, 3.8) is 0 Å². The zero-order valence-corrected chi connectivity index (χ0v) is 37.4. The van der Waals surface area contributed by atoms with Crippen molar-refractivity contribution in [2.75, 3.05) is 81.7 Å². The van der Waals surface area contributed by atoms with E-state index in [0.29, 0.717) is 86.6 Å². The number of carbonyl (C=O) groups excluding carboxylic acids is 4. The third kappa shape index (κ3) is 10.2. The summed E-state index contributed by atoms with van der Waals surface area (Å²) < 4.78 is 35.3. The number of anilines is 3. The lowest BCUT2D eigenvalue weighted by Gasteiger charge is -2.54. The maximum absolute atomic E-state index is 15.8. The van der Waals surface area contributed by atoms with Crippen molar-refractivity contribution in [3.8, 4) is 17.0 Å². The van der Waals surface area contributed by atoms with Gasteiger partial charge in [-0.15, -0.1) is 0 Å². The SMILES string of the molecule is Nc1nccn2c(N3CCC4(CC3)CN(CCOCCOCCOc3ccc5c(c3)CC(CCC3CCC(=O)NC3=O)CC5=O)C4)nc(-c3ccc(C(=O)Nc4cc(Cl)ccn4)cc3F)c12. The molecule has 18 heteroatoms. The summed E-state index contributed by atoms with van der Waals surface area (Å²) >= 11 is 6.02. The number of imidazole rings is 1. The van der Waals surface area contributed by atoms with Gasteiger partial charge in [0, 0.05) is 91.8 Å². The van der Waals surface area contributed by atoms with Gasteiger partial charge in [0.2, 0.25) is 17.8 Å². The zero-order valence-electron chi connectivity index (χ0n) is 36.6. The van der Waals surface area contributed by atoms with Gasteiger partial charge >= 0.3 is 0 Å². The fourth-order valence-electron chi connectivity index (χ4n) is 9.77. The molecule has 4 N–H and O–H groups in total. The highest BCUT2D eigenvalue weighted by molar-refractivity contribution is 6.30. The van der Waals surface area contributed by atoms with Gasteiger partial charge in [-0.3, -0.25) is 33.8 Å². The van der Waals surface area contributed by atoms with Crippen molar-refractivity contribution in [1.82, 2.24) is 29.6 Å². The first-order valence-electron chi connectivity index (χ1n) is 22.6. The summed E-state index contributed by atoms with van der Waals surface area (Å²) in [4.78, 5) is 67.3. The Morgan fingerprint density at radius 1 is 0.924 bits per heavy atom. The van der Waals surface area contributed by atoms with Crippen LogP contribution in [0, 0.1) is 23.1 Å². The summed E-state index contributed by atoms with van der Waals surface area (Å²) in [6, 6.07) is 13.0. The molecule has 6 heterocycles. The molecule has 2 aromatic carbocycles. The average molecular weight is 922 g/mol. The van der Waals surface area contributed by atoms with Crippen LogP contribution in [0.4, 0.5) is 22.0 Å². The van der Waals surface area contributed by atoms with Crippen molar-refractivity contribution in [3.05, 3.63) is 94.7 Å². The standard InChI is InChI=1S/C48H53ClFN9O7/c49-34-9-12-52-40(27-34)54-46(63)32-3-6-37(38(50)26-32)42-43-44(51)53-13-16-59(43)47(56-42)58-14-10-48(11-15-58)28-57(29-48)17-18-64-19-20-65-21-22-66-35-5-7-36-33(25-35)23-30(24-39(36)60)1-2-31-4-8-41(61)55-45(31)62/h3,5-7,9,12-13,16,25-27,30-31H,1-2,4,8,10-11,14-15,17-24,28-29H2,(H2,51,53)(H,52,54,63)(H,55,61,62). The van der Waals surface area contributed by atoms with Gasteiger partial charge in [0.25, 0.3) is 5.91 Å². The normalized spacial score (nSPS) is 19.4. The van der Waals surface area contributed by atoms with Gasteiger partial charge < -0.3 is 30.2 Å². The largest absolute Gasteiger partial charge is 0.491 e. The van der Waals surface area contributed by atoms with Gasteiger partial charge in [0.15, 0.2) is 5.78 Å². The van der Waals surface area contributed by atoms with Crippen LogP contribution in [0.15, 0.2) is 67.1 Å². The van der Waals surface area contributed by atoms with Crippen LogP contribution in [0.1, 0.15) is 71.2 Å².